The van der Waals surface area contributed by atoms with Crippen LogP contribution in [0.3, 0.4) is 0 Å². The Morgan fingerprint density at radius 2 is 1.70 bits per heavy atom. The fourth-order valence-corrected chi connectivity index (χ4v) is 3.08. The summed E-state index contributed by atoms with van der Waals surface area (Å²) in [4.78, 5) is 27.2. The molecule has 1 atom stereocenters. The summed E-state index contributed by atoms with van der Waals surface area (Å²) in [7, 11) is 0. The van der Waals surface area contributed by atoms with Crippen LogP contribution in [0.15, 0.2) is 78.9 Å². The van der Waals surface area contributed by atoms with Gasteiger partial charge in [0.25, 0.3) is 11.8 Å². The number of nitrogens with zero attached hydrogens (tertiary/aromatic N) is 1. The minimum absolute atomic E-state index is 0.134. The number of halogens is 1. The summed E-state index contributed by atoms with van der Waals surface area (Å²) in [5.74, 6) is 0.0997. The number of hydrogen-bond acceptors (Lipinski definition) is 3. The van der Waals surface area contributed by atoms with Crippen LogP contribution < -0.4 is 15.0 Å². The Morgan fingerprint density at radius 3 is 2.37 bits per heavy atom. The Labute approximate surface area is 181 Å². The first-order valence-corrected chi connectivity index (χ1v) is 10.1. The standard InChI is InChI=1S/C24H23ClN2O3/c1-3-27(21-10-5-4-6-11-21)24(29)18-8-7-9-20(16-18)26-23(28)17(2)30-22-14-12-19(25)13-15-22/h4-17H,3H2,1-2H3,(H,26,28). The predicted molar refractivity (Wildman–Crippen MR) is 120 cm³/mol. The van der Waals surface area contributed by atoms with Gasteiger partial charge in [-0.2, -0.15) is 0 Å². The second kappa shape index (κ2) is 9.94. The number of carbonyl (C=O) groups excluding carboxylic acids is 2. The molecular weight excluding hydrogens is 400 g/mol. The van der Waals surface area contributed by atoms with Gasteiger partial charge in [0, 0.05) is 28.5 Å². The maximum atomic E-state index is 13.0. The first-order valence-electron chi connectivity index (χ1n) is 9.68. The molecule has 0 aliphatic rings. The van der Waals surface area contributed by atoms with E-state index in [0.717, 1.165) is 5.69 Å². The summed E-state index contributed by atoms with van der Waals surface area (Å²) in [6, 6.07) is 23.2. The minimum Gasteiger partial charge on any atom is -0.481 e. The van der Waals surface area contributed by atoms with Crippen molar-refractivity contribution >= 4 is 34.8 Å². The third-order valence-electron chi connectivity index (χ3n) is 4.50. The molecule has 0 aromatic heterocycles. The molecule has 0 saturated heterocycles. The van der Waals surface area contributed by atoms with Gasteiger partial charge in [0.1, 0.15) is 5.75 Å². The third-order valence-corrected chi connectivity index (χ3v) is 4.75. The number of amides is 2. The van der Waals surface area contributed by atoms with Crippen LogP contribution in [0.5, 0.6) is 5.75 Å². The van der Waals surface area contributed by atoms with E-state index in [1.165, 1.54) is 0 Å². The van der Waals surface area contributed by atoms with E-state index >= 15 is 0 Å². The van der Waals surface area contributed by atoms with E-state index in [1.54, 1.807) is 60.4 Å². The van der Waals surface area contributed by atoms with Crippen molar-refractivity contribution in [1.29, 1.82) is 0 Å². The molecule has 0 bridgehead atoms. The lowest BCUT2D eigenvalue weighted by atomic mass is 10.1. The summed E-state index contributed by atoms with van der Waals surface area (Å²) in [5.41, 5.74) is 1.84. The van der Waals surface area contributed by atoms with Gasteiger partial charge in [-0.1, -0.05) is 35.9 Å². The van der Waals surface area contributed by atoms with Crippen LogP contribution in [0.4, 0.5) is 11.4 Å². The van der Waals surface area contributed by atoms with Crippen LogP contribution in [-0.2, 0) is 4.79 Å². The largest absolute Gasteiger partial charge is 0.481 e. The molecular formula is C24H23ClN2O3. The van der Waals surface area contributed by atoms with Crippen molar-refractivity contribution in [2.24, 2.45) is 0 Å². The second-order valence-electron chi connectivity index (χ2n) is 6.67. The molecule has 0 fully saturated rings. The Balaban J connectivity index is 1.69. The summed E-state index contributed by atoms with van der Waals surface area (Å²) < 4.78 is 5.65. The predicted octanol–water partition coefficient (Wildman–Crippen LogP) is 5.41. The van der Waals surface area contributed by atoms with Gasteiger partial charge in [0.05, 0.1) is 0 Å². The highest BCUT2D eigenvalue weighted by atomic mass is 35.5. The molecule has 0 aliphatic carbocycles. The highest BCUT2D eigenvalue weighted by molar-refractivity contribution is 6.30. The number of para-hydroxylation sites is 1. The van der Waals surface area contributed by atoms with Crippen LogP contribution in [-0.4, -0.2) is 24.5 Å². The quantitative estimate of drug-likeness (QED) is 0.553. The molecule has 0 spiro atoms. The maximum Gasteiger partial charge on any atom is 0.265 e. The van der Waals surface area contributed by atoms with Crippen molar-refractivity contribution in [1.82, 2.24) is 0 Å². The average Bonchev–Trinajstić information content (AvgIpc) is 2.76. The van der Waals surface area contributed by atoms with Crippen LogP contribution in [0.25, 0.3) is 0 Å². The fourth-order valence-electron chi connectivity index (χ4n) is 2.95. The van der Waals surface area contributed by atoms with Crippen LogP contribution in [0.1, 0.15) is 24.2 Å². The van der Waals surface area contributed by atoms with Gasteiger partial charge in [-0.3, -0.25) is 9.59 Å². The number of anilines is 2. The van der Waals surface area contributed by atoms with Crippen LogP contribution >= 0.6 is 11.6 Å². The van der Waals surface area contributed by atoms with E-state index < -0.39 is 6.10 Å². The molecule has 30 heavy (non-hydrogen) atoms. The number of rotatable bonds is 7. The number of benzene rings is 3. The normalized spacial score (nSPS) is 11.4. The number of hydrogen-bond donors (Lipinski definition) is 1. The molecule has 3 aromatic carbocycles. The van der Waals surface area contributed by atoms with E-state index in [-0.39, 0.29) is 11.8 Å². The lowest BCUT2D eigenvalue weighted by Crippen LogP contribution is -2.31. The third kappa shape index (κ3) is 5.39. The van der Waals surface area contributed by atoms with Crippen molar-refractivity contribution in [2.75, 3.05) is 16.8 Å². The number of carbonyl (C=O) groups is 2. The molecule has 0 aliphatic heterocycles. The van der Waals surface area contributed by atoms with Crippen molar-refractivity contribution in [3.8, 4) is 5.75 Å². The Morgan fingerprint density at radius 1 is 1.00 bits per heavy atom. The molecule has 1 unspecified atom stereocenters. The van der Waals surface area contributed by atoms with Crippen LogP contribution in [0, 0.1) is 0 Å². The van der Waals surface area contributed by atoms with Gasteiger partial charge in [-0.25, -0.2) is 0 Å². The molecule has 3 rings (SSSR count). The van der Waals surface area contributed by atoms with Gasteiger partial charge in [-0.05, 0) is 68.4 Å². The van der Waals surface area contributed by atoms with Gasteiger partial charge < -0.3 is 15.0 Å². The van der Waals surface area contributed by atoms with Gasteiger partial charge in [0.2, 0.25) is 0 Å². The molecule has 154 valence electrons. The maximum absolute atomic E-state index is 13.0. The molecule has 0 radical (unpaired) electrons. The first kappa shape index (κ1) is 21.4. The molecule has 0 saturated carbocycles. The SMILES string of the molecule is CCN(C(=O)c1cccc(NC(=O)C(C)Oc2ccc(Cl)cc2)c1)c1ccccc1. The van der Waals surface area contributed by atoms with Crippen LogP contribution in [0.2, 0.25) is 5.02 Å². The Hall–Kier alpha value is -3.31. The fraction of sp³-hybridized carbons (Fsp3) is 0.167. The highest BCUT2D eigenvalue weighted by Crippen LogP contribution is 2.20. The molecule has 5 nitrogen and oxygen atoms in total. The number of nitrogens with one attached hydrogen (secondary N) is 1. The van der Waals surface area contributed by atoms with E-state index in [2.05, 4.69) is 5.32 Å². The van der Waals surface area contributed by atoms with E-state index in [9.17, 15) is 9.59 Å². The van der Waals surface area contributed by atoms with Gasteiger partial charge >= 0.3 is 0 Å². The highest BCUT2D eigenvalue weighted by Gasteiger charge is 2.18. The van der Waals surface area contributed by atoms with E-state index in [4.69, 9.17) is 16.3 Å². The smallest absolute Gasteiger partial charge is 0.265 e. The van der Waals surface area contributed by atoms with Crippen molar-refractivity contribution in [2.45, 2.75) is 20.0 Å². The molecule has 1 N–H and O–H groups in total. The monoisotopic (exact) mass is 422 g/mol. The summed E-state index contributed by atoms with van der Waals surface area (Å²) in [6.07, 6.45) is -0.720. The number of ether oxygens (including phenoxy) is 1. The first-order chi connectivity index (χ1) is 14.5. The lowest BCUT2D eigenvalue weighted by molar-refractivity contribution is -0.122. The van der Waals surface area contributed by atoms with Gasteiger partial charge in [-0.15, -0.1) is 0 Å². The molecule has 2 amide bonds. The van der Waals surface area contributed by atoms with Gasteiger partial charge in [0.15, 0.2) is 6.10 Å². The van der Waals surface area contributed by atoms with Crippen molar-refractivity contribution in [3.05, 3.63) is 89.4 Å². The molecule has 6 heteroatoms. The van der Waals surface area contributed by atoms with Crippen molar-refractivity contribution < 1.29 is 14.3 Å². The summed E-state index contributed by atoms with van der Waals surface area (Å²) in [6.45, 7) is 4.12. The van der Waals surface area contributed by atoms with Crippen molar-refractivity contribution in [3.63, 3.8) is 0 Å². The summed E-state index contributed by atoms with van der Waals surface area (Å²) >= 11 is 5.86. The van der Waals surface area contributed by atoms with E-state index in [1.807, 2.05) is 37.3 Å². The zero-order valence-corrected chi connectivity index (χ0v) is 17.6. The topological polar surface area (TPSA) is 58.6 Å². The zero-order valence-electron chi connectivity index (χ0n) is 16.8. The minimum atomic E-state index is -0.720. The second-order valence-corrected chi connectivity index (χ2v) is 7.11. The molecule has 0 heterocycles. The Kier molecular flexibility index (Phi) is 7.09. The molecule has 3 aromatic rings. The zero-order chi connectivity index (χ0) is 21.5. The lowest BCUT2D eigenvalue weighted by Gasteiger charge is -2.21. The Bertz CT molecular complexity index is 1010. The summed E-state index contributed by atoms with van der Waals surface area (Å²) in [5, 5.41) is 3.40. The average molecular weight is 423 g/mol. The van der Waals surface area contributed by atoms with E-state index in [0.29, 0.717) is 28.6 Å².